The van der Waals surface area contributed by atoms with E-state index in [4.69, 9.17) is 18.9 Å². The fourth-order valence-corrected chi connectivity index (χ4v) is 2.76. The highest BCUT2D eigenvalue weighted by Gasteiger charge is 2.12. The Morgan fingerprint density at radius 1 is 0.903 bits per heavy atom. The van der Waals surface area contributed by atoms with Gasteiger partial charge in [-0.25, -0.2) is 0 Å². The standard InChI is InChI=1S/C24H26N2O5/c1-3-29-23-16-19(4-9-22(23)31-17-18-10-12-25-13-11-18)24(27)26-20-5-7-21(8-6-20)30-15-14-28-2/h4-13,16H,3,14-15,17H2,1-2H3,(H,26,27). The molecule has 0 atom stereocenters. The number of amides is 1. The molecule has 0 aliphatic rings. The molecule has 0 bridgehead atoms. The first-order valence-electron chi connectivity index (χ1n) is 10.0. The molecule has 162 valence electrons. The Kier molecular flexibility index (Phi) is 8.25. The van der Waals surface area contributed by atoms with Crippen molar-refractivity contribution < 1.29 is 23.7 Å². The lowest BCUT2D eigenvalue weighted by Gasteiger charge is -2.14. The number of anilines is 1. The van der Waals surface area contributed by atoms with Crippen LogP contribution in [-0.4, -0.2) is 37.8 Å². The molecule has 1 aromatic heterocycles. The van der Waals surface area contributed by atoms with E-state index in [1.165, 1.54) is 0 Å². The molecule has 0 unspecified atom stereocenters. The van der Waals surface area contributed by atoms with Crippen molar-refractivity contribution in [3.8, 4) is 17.2 Å². The number of benzene rings is 2. The summed E-state index contributed by atoms with van der Waals surface area (Å²) in [6, 6.07) is 16.1. The lowest BCUT2D eigenvalue weighted by Crippen LogP contribution is -2.12. The molecule has 7 heteroatoms. The van der Waals surface area contributed by atoms with Crippen LogP contribution in [-0.2, 0) is 11.3 Å². The molecule has 3 rings (SSSR count). The highest BCUT2D eigenvalue weighted by Crippen LogP contribution is 2.29. The normalized spacial score (nSPS) is 10.4. The first-order chi connectivity index (χ1) is 15.2. The molecule has 0 saturated carbocycles. The third kappa shape index (κ3) is 6.72. The molecular weight excluding hydrogens is 396 g/mol. The van der Waals surface area contributed by atoms with Crippen molar-refractivity contribution in [2.45, 2.75) is 13.5 Å². The molecule has 7 nitrogen and oxygen atoms in total. The van der Waals surface area contributed by atoms with Crippen molar-refractivity contribution in [3.05, 3.63) is 78.1 Å². The van der Waals surface area contributed by atoms with Crippen molar-refractivity contribution in [3.63, 3.8) is 0 Å². The van der Waals surface area contributed by atoms with E-state index in [1.54, 1.807) is 62.0 Å². The lowest BCUT2D eigenvalue weighted by molar-refractivity contribution is 0.102. The Hall–Kier alpha value is -3.58. The van der Waals surface area contributed by atoms with Crippen LogP contribution >= 0.6 is 0 Å². The van der Waals surface area contributed by atoms with Crippen LogP contribution in [0, 0.1) is 0 Å². The average molecular weight is 422 g/mol. The predicted molar refractivity (Wildman–Crippen MR) is 118 cm³/mol. The molecule has 3 aromatic rings. The molecular formula is C24H26N2O5. The van der Waals surface area contributed by atoms with Crippen LogP contribution in [0.15, 0.2) is 67.0 Å². The summed E-state index contributed by atoms with van der Waals surface area (Å²) in [7, 11) is 1.62. The van der Waals surface area contributed by atoms with E-state index in [-0.39, 0.29) is 5.91 Å². The van der Waals surface area contributed by atoms with Crippen LogP contribution in [0.5, 0.6) is 17.2 Å². The second-order valence-corrected chi connectivity index (χ2v) is 6.56. The molecule has 0 fully saturated rings. The van der Waals surface area contributed by atoms with Gasteiger partial charge in [0.2, 0.25) is 0 Å². The summed E-state index contributed by atoms with van der Waals surface area (Å²) in [4.78, 5) is 16.7. The van der Waals surface area contributed by atoms with Gasteiger partial charge in [0, 0.05) is 30.8 Å². The van der Waals surface area contributed by atoms with Crippen molar-refractivity contribution in [1.29, 1.82) is 0 Å². The van der Waals surface area contributed by atoms with Crippen LogP contribution in [0.4, 0.5) is 5.69 Å². The van der Waals surface area contributed by atoms with Crippen molar-refractivity contribution in [2.75, 3.05) is 32.2 Å². The molecule has 2 aromatic carbocycles. The van der Waals surface area contributed by atoms with E-state index >= 15 is 0 Å². The predicted octanol–water partition coefficient (Wildman–Crippen LogP) is 4.34. The minimum absolute atomic E-state index is 0.241. The van der Waals surface area contributed by atoms with Gasteiger partial charge >= 0.3 is 0 Å². The summed E-state index contributed by atoms with van der Waals surface area (Å²) in [6.07, 6.45) is 3.43. The van der Waals surface area contributed by atoms with E-state index in [9.17, 15) is 4.79 Å². The largest absolute Gasteiger partial charge is 0.491 e. The highest BCUT2D eigenvalue weighted by molar-refractivity contribution is 6.04. The van der Waals surface area contributed by atoms with Gasteiger partial charge in [-0.2, -0.15) is 0 Å². The fraction of sp³-hybridized carbons (Fsp3) is 0.250. The fourth-order valence-electron chi connectivity index (χ4n) is 2.76. The zero-order valence-electron chi connectivity index (χ0n) is 17.7. The second-order valence-electron chi connectivity index (χ2n) is 6.56. The number of nitrogens with one attached hydrogen (secondary N) is 1. The first kappa shape index (κ1) is 22.1. The third-order valence-corrected chi connectivity index (χ3v) is 4.32. The van der Waals surface area contributed by atoms with Gasteiger partial charge < -0.3 is 24.3 Å². The van der Waals surface area contributed by atoms with Gasteiger partial charge in [-0.3, -0.25) is 9.78 Å². The summed E-state index contributed by atoms with van der Waals surface area (Å²) in [5.41, 5.74) is 2.13. The number of aromatic nitrogens is 1. The van der Waals surface area contributed by atoms with Gasteiger partial charge in [-0.05, 0) is 67.1 Å². The van der Waals surface area contributed by atoms with E-state index in [0.29, 0.717) is 54.9 Å². The highest BCUT2D eigenvalue weighted by atomic mass is 16.5. The van der Waals surface area contributed by atoms with Gasteiger partial charge in [0.05, 0.1) is 13.2 Å². The van der Waals surface area contributed by atoms with Gasteiger partial charge in [-0.15, -0.1) is 0 Å². The van der Waals surface area contributed by atoms with Gasteiger partial charge in [0.1, 0.15) is 19.0 Å². The van der Waals surface area contributed by atoms with E-state index < -0.39 is 0 Å². The van der Waals surface area contributed by atoms with E-state index in [0.717, 1.165) is 5.56 Å². The van der Waals surface area contributed by atoms with Crippen LogP contribution in [0.2, 0.25) is 0 Å². The summed E-state index contributed by atoms with van der Waals surface area (Å²) < 4.78 is 22.0. The summed E-state index contributed by atoms with van der Waals surface area (Å²) in [5, 5.41) is 2.88. The number of hydrogen-bond acceptors (Lipinski definition) is 6. The lowest BCUT2D eigenvalue weighted by atomic mass is 10.1. The number of hydrogen-bond donors (Lipinski definition) is 1. The first-order valence-corrected chi connectivity index (χ1v) is 10.0. The van der Waals surface area contributed by atoms with Gasteiger partial charge in [0.25, 0.3) is 5.91 Å². The maximum absolute atomic E-state index is 12.7. The van der Waals surface area contributed by atoms with Crippen LogP contribution in [0.1, 0.15) is 22.8 Å². The molecule has 0 radical (unpaired) electrons. The number of pyridine rings is 1. The Bertz CT molecular complexity index is 961. The quantitative estimate of drug-likeness (QED) is 0.463. The van der Waals surface area contributed by atoms with Crippen LogP contribution < -0.4 is 19.5 Å². The molecule has 31 heavy (non-hydrogen) atoms. The van der Waals surface area contributed by atoms with Crippen LogP contribution in [0.3, 0.4) is 0 Å². The van der Waals surface area contributed by atoms with Crippen LogP contribution in [0.25, 0.3) is 0 Å². The molecule has 1 N–H and O–H groups in total. The zero-order chi connectivity index (χ0) is 21.9. The van der Waals surface area contributed by atoms with Gasteiger partial charge in [-0.1, -0.05) is 0 Å². The maximum Gasteiger partial charge on any atom is 0.255 e. The molecule has 0 spiro atoms. The molecule has 0 aliphatic carbocycles. The Morgan fingerprint density at radius 3 is 2.39 bits per heavy atom. The second kappa shape index (κ2) is 11.6. The van der Waals surface area contributed by atoms with Crippen molar-refractivity contribution in [1.82, 2.24) is 4.98 Å². The number of carbonyl (C=O) groups is 1. The number of ether oxygens (including phenoxy) is 4. The smallest absolute Gasteiger partial charge is 0.255 e. The average Bonchev–Trinajstić information content (AvgIpc) is 2.80. The zero-order valence-corrected chi connectivity index (χ0v) is 17.7. The topological polar surface area (TPSA) is 78.9 Å². The van der Waals surface area contributed by atoms with E-state index in [2.05, 4.69) is 10.3 Å². The van der Waals surface area contributed by atoms with Crippen molar-refractivity contribution in [2.24, 2.45) is 0 Å². The van der Waals surface area contributed by atoms with Gasteiger partial charge in [0.15, 0.2) is 11.5 Å². The monoisotopic (exact) mass is 422 g/mol. The minimum atomic E-state index is -0.241. The maximum atomic E-state index is 12.7. The summed E-state index contributed by atoms with van der Waals surface area (Å²) >= 11 is 0. The van der Waals surface area contributed by atoms with Crippen molar-refractivity contribution >= 4 is 11.6 Å². The Labute approximate surface area is 181 Å². The molecule has 0 aliphatic heterocycles. The Morgan fingerprint density at radius 2 is 1.68 bits per heavy atom. The third-order valence-electron chi connectivity index (χ3n) is 4.32. The minimum Gasteiger partial charge on any atom is -0.491 e. The summed E-state index contributed by atoms with van der Waals surface area (Å²) in [5.74, 6) is 1.57. The molecule has 1 amide bonds. The number of carbonyl (C=O) groups excluding carboxylic acids is 1. The van der Waals surface area contributed by atoms with E-state index in [1.807, 2.05) is 19.1 Å². The Balaban J connectivity index is 1.64. The number of rotatable bonds is 11. The molecule has 0 saturated heterocycles. The number of nitrogens with zero attached hydrogens (tertiary/aromatic N) is 1. The number of methoxy groups -OCH3 is 1. The SMILES string of the molecule is CCOc1cc(C(=O)Nc2ccc(OCCOC)cc2)ccc1OCc1ccncc1. The molecule has 1 heterocycles. The summed E-state index contributed by atoms with van der Waals surface area (Å²) in [6.45, 7) is 3.71.